The molecule has 2 aromatic heterocycles. The van der Waals surface area contributed by atoms with Gasteiger partial charge in [-0.2, -0.15) is 0 Å². The molecule has 124 valence electrons. The van der Waals surface area contributed by atoms with Crippen LogP contribution in [0, 0.1) is 19.7 Å². The molecule has 0 radical (unpaired) electrons. The Hall–Kier alpha value is -2.67. The van der Waals surface area contributed by atoms with Crippen LogP contribution in [0.1, 0.15) is 27.8 Å². The minimum Gasteiger partial charge on any atom is -0.466 e. The molecule has 0 aliphatic rings. The molecule has 3 aromatic rings. The Morgan fingerprint density at radius 3 is 2.75 bits per heavy atom. The van der Waals surface area contributed by atoms with Crippen LogP contribution in [-0.4, -0.2) is 16.2 Å². The fourth-order valence-corrected chi connectivity index (χ4v) is 2.29. The number of aromatic nitrogens is 2. The monoisotopic (exact) mass is 350 g/mol. The van der Waals surface area contributed by atoms with Gasteiger partial charge in [-0.3, -0.25) is 0 Å². The van der Waals surface area contributed by atoms with E-state index in [9.17, 15) is 9.18 Å². The summed E-state index contributed by atoms with van der Waals surface area (Å²) in [6.45, 7) is 3.29. The SMILES string of the molecule is Cc1cc(-c2nnc(COC(=O)c3cc(Cl)ccc3F)o2)c(C)o1. The van der Waals surface area contributed by atoms with Crippen LogP contribution in [0.15, 0.2) is 33.1 Å². The van der Waals surface area contributed by atoms with Crippen molar-refractivity contribution in [2.45, 2.75) is 20.5 Å². The average Bonchev–Trinajstić information content (AvgIpc) is 3.13. The number of ether oxygens (including phenoxy) is 1. The third-order valence-corrected chi connectivity index (χ3v) is 3.45. The van der Waals surface area contributed by atoms with Gasteiger partial charge < -0.3 is 13.6 Å². The van der Waals surface area contributed by atoms with Crippen molar-refractivity contribution in [1.29, 1.82) is 0 Å². The number of nitrogens with zero attached hydrogens (tertiary/aromatic N) is 2. The fraction of sp³-hybridized carbons (Fsp3) is 0.188. The lowest BCUT2D eigenvalue weighted by atomic mass is 10.2. The first-order chi connectivity index (χ1) is 11.4. The highest BCUT2D eigenvalue weighted by Gasteiger charge is 2.18. The summed E-state index contributed by atoms with van der Waals surface area (Å²) < 4.78 is 29.4. The Labute approximate surface area is 141 Å². The minimum absolute atomic E-state index is 0.0824. The summed E-state index contributed by atoms with van der Waals surface area (Å²) in [6.07, 6.45) is 0. The second-order valence-electron chi connectivity index (χ2n) is 5.03. The van der Waals surface area contributed by atoms with Gasteiger partial charge in [-0.05, 0) is 38.1 Å². The van der Waals surface area contributed by atoms with Crippen LogP contribution in [-0.2, 0) is 11.3 Å². The van der Waals surface area contributed by atoms with Gasteiger partial charge in [0.15, 0.2) is 6.61 Å². The van der Waals surface area contributed by atoms with Crippen molar-refractivity contribution in [2.24, 2.45) is 0 Å². The van der Waals surface area contributed by atoms with E-state index in [4.69, 9.17) is 25.2 Å². The number of benzene rings is 1. The molecule has 0 atom stereocenters. The van der Waals surface area contributed by atoms with Crippen LogP contribution in [0.2, 0.25) is 5.02 Å². The van der Waals surface area contributed by atoms with Crippen LogP contribution in [0.5, 0.6) is 0 Å². The number of aryl methyl sites for hydroxylation is 2. The lowest BCUT2D eigenvalue weighted by Gasteiger charge is -2.03. The lowest BCUT2D eigenvalue weighted by molar-refractivity contribution is 0.0433. The normalized spacial score (nSPS) is 10.8. The maximum absolute atomic E-state index is 13.6. The molecule has 24 heavy (non-hydrogen) atoms. The number of furan rings is 1. The van der Waals surface area contributed by atoms with Crippen molar-refractivity contribution >= 4 is 17.6 Å². The van der Waals surface area contributed by atoms with E-state index in [1.807, 2.05) is 0 Å². The highest BCUT2D eigenvalue weighted by atomic mass is 35.5. The van der Waals surface area contributed by atoms with Gasteiger partial charge in [0.25, 0.3) is 11.8 Å². The van der Waals surface area contributed by atoms with Crippen LogP contribution in [0.3, 0.4) is 0 Å². The van der Waals surface area contributed by atoms with Crippen LogP contribution in [0.4, 0.5) is 4.39 Å². The van der Waals surface area contributed by atoms with Crippen molar-refractivity contribution in [3.63, 3.8) is 0 Å². The molecule has 0 aliphatic carbocycles. The summed E-state index contributed by atoms with van der Waals surface area (Å²) in [4.78, 5) is 11.9. The van der Waals surface area contributed by atoms with Gasteiger partial charge in [0.1, 0.15) is 17.3 Å². The Morgan fingerprint density at radius 1 is 1.25 bits per heavy atom. The molecule has 0 spiro atoms. The van der Waals surface area contributed by atoms with E-state index in [-0.39, 0.29) is 29.0 Å². The summed E-state index contributed by atoms with van der Waals surface area (Å²) >= 11 is 5.74. The predicted octanol–water partition coefficient (Wildman–Crippen LogP) is 4.10. The highest BCUT2D eigenvalue weighted by Crippen LogP contribution is 2.25. The topological polar surface area (TPSA) is 78.4 Å². The van der Waals surface area contributed by atoms with Crippen molar-refractivity contribution in [3.05, 3.63) is 58.1 Å². The molecule has 0 fully saturated rings. The first-order valence-electron chi connectivity index (χ1n) is 6.96. The van der Waals surface area contributed by atoms with E-state index in [0.29, 0.717) is 17.1 Å². The number of esters is 1. The number of hydrogen-bond acceptors (Lipinski definition) is 6. The second-order valence-corrected chi connectivity index (χ2v) is 5.46. The Balaban J connectivity index is 1.70. The zero-order valence-corrected chi connectivity index (χ0v) is 13.6. The van der Waals surface area contributed by atoms with Crippen molar-refractivity contribution < 1.29 is 22.8 Å². The Morgan fingerprint density at radius 2 is 2.04 bits per heavy atom. The van der Waals surface area contributed by atoms with Crippen LogP contribution in [0.25, 0.3) is 11.5 Å². The standard InChI is InChI=1S/C16H12ClFN2O4/c1-8-5-11(9(2)23-8)15-20-19-14(24-15)7-22-16(21)12-6-10(17)3-4-13(12)18/h3-6H,7H2,1-2H3. The largest absolute Gasteiger partial charge is 0.466 e. The third kappa shape index (κ3) is 3.30. The Bertz CT molecular complexity index is 903. The first kappa shape index (κ1) is 16.2. The molecular formula is C16H12ClFN2O4. The van der Waals surface area contributed by atoms with Gasteiger partial charge in [-0.15, -0.1) is 10.2 Å². The van der Waals surface area contributed by atoms with Gasteiger partial charge in [0, 0.05) is 5.02 Å². The second kappa shape index (κ2) is 6.45. The summed E-state index contributed by atoms with van der Waals surface area (Å²) in [5.41, 5.74) is 0.405. The molecule has 0 bridgehead atoms. The molecule has 3 rings (SSSR count). The van der Waals surface area contributed by atoms with E-state index in [1.165, 1.54) is 12.1 Å². The van der Waals surface area contributed by atoms with E-state index < -0.39 is 11.8 Å². The summed E-state index contributed by atoms with van der Waals surface area (Å²) in [6, 6.07) is 5.39. The molecule has 2 heterocycles. The molecule has 1 aromatic carbocycles. The molecule has 0 aliphatic heterocycles. The summed E-state index contributed by atoms with van der Waals surface area (Å²) in [7, 11) is 0. The summed E-state index contributed by atoms with van der Waals surface area (Å²) in [5, 5.41) is 7.90. The van der Waals surface area contributed by atoms with E-state index in [2.05, 4.69) is 10.2 Å². The minimum atomic E-state index is -0.870. The van der Waals surface area contributed by atoms with Crippen molar-refractivity contribution in [2.75, 3.05) is 0 Å². The maximum atomic E-state index is 13.6. The molecular weight excluding hydrogens is 339 g/mol. The molecule has 0 saturated heterocycles. The number of hydrogen-bond donors (Lipinski definition) is 0. The van der Waals surface area contributed by atoms with Gasteiger partial charge in [-0.25, -0.2) is 9.18 Å². The number of carbonyl (C=O) groups excluding carboxylic acids is 1. The number of carbonyl (C=O) groups is 1. The molecule has 0 saturated carbocycles. The lowest BCUT2D eigenvalue weighted by Crippen LogP contribution is -2.07. The molecule has 0 N–H and O–H groups in total. The van der Waals surface area contributed by atoms with Crippen molar-refractivity contribution in [3.8, 4) is 11.5 Å². The van der Waals surface area contributed by atoms with Gasteiger partial charge >= 0.3 is 5.97 Å². The van der Waals surface area contributed by atoms with Gasteiger partial charge in [-0.1, -0.05) is 11.6 Å². The predicted molar refractivity (Wildman–Crippen MR) is 82.0 cm³/mol. The third-order valence-electron chi connectivity index (χ3n) is 3.21. The molecule has 0 unspecified atom stereocenters. The van der Waals surface area contributed by atoms with E-state index in [0.717, 1.165) is 6.07 Å². The van der Waals surface area contributed by atoms with E-state index >= 15 is 0 Å². The van der Waals surface area contributed by atoms with Crippen LogP contribution < -0.4 is 0 Å². The van der Waals surface area contributed by atoms with Gasteiger partial charge in [0.2, 0.25) is 0 Å². The van der Waals surface area contributed by atoms with Crippen LogP contribution >= 0.6 is 11.6 Å². The highest BCUT2D eigenvalue weighted by molar-refractivity contribution is 6.30. The van der Waals surface area contributed by atoms with Gasteiger partial charge in [0.05, 0.1) is 11.1 Å². The first-order valence-corrected chi connectivity index (χ1v) is 7.34. The zero-order valence-electron chi connectivity index (χ0n) is 12.8. The quantitative estimate of drug-likeness (QED) is 0.659. The fourth-order valence-electron chi connectivity index (χ4n) is 2.12. The number of halogens is 2. The zero-order chi connectivity index (χ0) is 17.3. The summed E-state index contributed by atoms with van der Waals surface area (Å²) in [5.74, 6) is 0.0966. The smallest absolute Gasteiger partial charge is 0.341 e. The molecule has 0 amide bonds. The van der Waals surface area contributed by atoms with E-state index in [1.54, 1.807) is 19.9 Å². The molecule has 6 nitrogen and oxygen atoms in total. The maximum Gasteiger partial charge on any atom is 0.341 e. The Kier molecular flexibility index (Phi) is 4.35. The van der Waals surface area contributed by atoms with Crippen molar-refractivity contribution in [1.82, 2.24) is 10.2 Å². The molecule has 8 heteroatoms. The number of rotatable bonds is 4. The average molecular weight is 351 g/mol.